The van der Waals surface area contributed by atoms with Gasteiger partial charge >= 0.3 is 6.18 Å². The van der Waals surface area contributed by atoms with Crippen molar-refractivity contribution in [1.82, 2.24) is 4.90 Å². The highest BCUT2D eigenvalue weighted by Gasteiger charge is 2.40. The van der Waals surface area contributed by atoms with Crippen molar-refractivity contribution in [2.24, 2.45) is 11.7 Å². The molecule has 0 saturated carbocycles. The summed E-state index contributed by atoms with van der Waals surface area (Å²) in [6, 6.07) is 7.84. The Morgan fingerprint density at radius 3 is 2.21 bits per heavy atom. The van der Waals surface area contributed by atoms with Crippen molar-refractivity contribution in [1.29, 1.82) is 0 Å². The van der Waals surface area contributed by atoms with Gasteiger partial charge in [0, 0.05) is 13.1 Å². The highest BCUT2D eigenvalue weighted by Crippen LogP contribution is 2.34. The molecule has 0 aromatic heterocycles. The van der Waals surface area contributed by atoms with Crippen molar-refractivity contribution in [3.63, 3.8) is 0 Å². The number of nitrogens with two attached hydrogens (primary N) is 1. The van der Waals surface area contributed by atoms with Crippen LogP contribution in [0.15, 0.2) is 24.3 Å². The van der Waals surface area contributed by atoms with Gasteiger partial charge in [-0.15, -0.1) is 0 Å². The molecule has 1 heterocycles. The first-order chi connectivity index (χ1) is 9.00. The normalized spacial score (nSPS) is 18.7. The number of hydrogen-bond acceptors (Lipinski definition) is 2. The Hall–Kier alpha value is -1.07. The van der Waals surface area contributed by atoms with E-state index in [1.54, 1.807) is 0 Å². The van der Waals surface area contributed by atoms with E-state index in [0.717, 1.165) is 11.1 Å². The summed E-state index contributed by atoms with van der Waals surface area (Å²) in [5, 5.41) is 0. The Kier molecular flexibility index (Phi) is 4.47. The SMILES string of the molecule is NCc1ccccc1CN1CCC(C(F)(F)F)CC1. The first kappa shape index (κ1) is 14.3. The summed E-state index contributed by atoms with van der Waals surface area (Å²) in [5.41, 5.74) is 7.86. The van der Waals surface area contributed by atoms with Crippen molar-refractivity contribution < 1.29 is 13.2 Å². The van der Waals surface area contributed by atoms with E-state index in [-0.39, 0.29) is 12.8 Å². The molecule has 0 spiro atoms. The fraction of sp³-hybridized carbons (Fsp3) is 0.571. The molecule has 106 valence electrons. The Balaban J connectivity index is 1.92. The van der Waals surface area contributed by atoms with Crippen LogP contribution in [0.3, 0.4) is 0 Å². The van der Waals surface area contributed by atoms with Crippen molar-refractivity contribution >= 4 is 0 Å². The molecule has 0 unspecified atom stereocenters. The zero-order chi connectivity index (χ0) is 13.9. The third-order valence-electron chi connectivity index (χ3n) is 3.78. The van der Waals surface area contributed by atoms with E-state index in [0.29, 0.717) is 26.2 Å². The van der Waals surface area contributed by atoms with Crippen LogP contribution in [-0.4, -0.2) is 24.2 Å². The van der Waals surface area contributed by atoms with Crippen molar-refractivity contribution in [3.8, 4) is 0 Å². The number of hydrogen-bond donors (Lipinski definition) is 1. The molecular formula is C14H19F3N2. The monoisotopic (exact) mass is 272 g/mol. The van der Waals surface area contributed by atoms with Crippen molar-refractivity contribution in [2.75, 3.05) is 13.1 Å². The summed E-state index contributed by atoms with van der Waals surface area (Å²) in [6.45, 7) is 2.17. The van der Waals surface area contributed by atoms with Gasteiger partial charge in [0.15, 0.2) is 0 Å². The molecule has 0 atom stereocenters. The molecule has 2 N–H and O–H groups in total. The second-order valence-corrected chi connectivity index (χ2v) is 5.06. The number of benzene rings is 1. The third kappa shape index (κ3) is 3.70. The van der Waals surface area contributed by atoms with Crippen LogP contribution in [-0.2, 0) is 13.1 Å². The molecule has 2 rings (SSSR count). The van der Waals surface area contributed by atoms with Crippen LogP contribution >= 0.6 is 0 Å². The lowest BCUT2D eigenvalue weighted by Crippen LogP contribution is -2.38. The summed E-state index contributed by atoms with van der Waals surface area (Å²) in [5.74, 6) is -1.13. The largest absolute Gasteiger partial charge is 0.391 e. The van der Waals surface area contributed by atoms with Gasteiger partial charge in [0.2, 0.25) is 0 Å². The van der Waals surface area contributed by atoms with Gasteiger partial charge in [-0.2, -0.15) is 13.2 Å². The molecule has 0 radical (unpaired) electrons. The van der Waals surface area contributed by atoms with Gasteiger partial charge in [0.1, 0.15) is 0 Å². The van der Waals surface area contributed by atoms with Gasteiger partial charge in [-0.1, -0.05) is 24.3 Å². The van der Waals surface area contributed by atoms with Crippen LogP contribution in [0.25, 0.3) is 0 Å². The smallest absolute Gasteiger partial charge is 0.326 e. The lowest BCUT2D eigenvalue weighted by atomic mass is 9.95. The second kappa shape index (κ2) is 5.92. The minimum atomic E-state index is -4.04. The van der Waals surface area contributed by atoms with Crippen LogP contribution in [0.2, 0.25) is 0 Å². The number of nitrogens with zero attached hydrogens (tertiary/aromatic N) is 1. The number of piperidine rings is 1. The predicted molar refractivity (Wildman–Crippen MR) is 68.4 cm³/mol. The van der Waals surface area contributed by atoms with E-state index in [1.807, 2.05) is 24.3 Å². The van der Waals surface area contributed by atoms with Gasteiger partial charge in [0.05, 0.1) is 5.92 Å². The van der Waals surface area contributed by atoms with Crippen LogP contribution in [0.4, 0.5) is 13.2 Å². The number of rotatable bonds is 3. The molecule has 1 fully saturated rings. The zero-order valence-corrected chi connectivity index (χ0v) is 10.8. The molecule has 0 aliphatic carbocycles. The van der Waals surface area contributed by atoms with E-state index < -0.39 is 12.1 Å². The Labute approximate surface area is 111 Å². The molecule has 1 aliphatic heterocycles. The quantitative estimate of drug-likeness (QED) is 0.916. The molecule has 0 amide bonds. The van der Waals surface area contributed by atoms with Crippen molar-refractivity contribution in [2.45, 2.75) is 32.1 Å². The van der Waals surface area contributed by atoms with Gasteiger partial charge in [-0.3, -0.25) is 4.90 Å². The average molecular weight is 272 g/mol. The van der Waals surface area contributed by atoms with Gasteiger partial charge in [0.25, 0.3) is 0 Å². The third-order valence-corrected chi connectivity index (χ3v) is 3.78. The standard InChI is InChI=1S/C14H19F3N2/c15-14(16,17)13-5-7-19(8-6-13)10-12-4-2-1-3-11(12)9-18/h1-4,13H,5-10,18H2. The molecule has 5 heteroatoms. The number of alkyl halides is 3. The Morgan fingerprint density at radius 2 is 1.68 bits per heavy atom. The van der Waals surface area contributed by atoms with Gasteiger partial charge < -0.3 is 5.73 Å². The molecule has 1 aromatic rings. The maximum atomic E-state index is 12.6. The van der Waals surface area contributed by atoms with Crippen LogP contribution < -0.4 is 5.73 Å². The molecule has 0 bridgehead atoms. The molecule has 1 aliphatic rings. The van der Waals surface area contributed by atoms with E-state index in [1.165, 1.54) is 0 Å². The maximum absolute atomic E-state index is 12.6. The molecular weight excluding hydrogens is 253 g/mol. The maximum Gasteiger partial charge on any atom is 0.391 e. The van der Waals surface area contributed by atoms with E-state index in [2.05, 4.69) is 4.90 Å². The van der Waals surface area contributed by atoms with Crippen molar-refractivity contribution in [3.05, 3.63) is 35.4 Å². The van der Waals surface area contributed by atoms with Gasteiger partial charge in [-0.05, 0) is 37.1 Å². The molecule has 1 aromatic carbocycles. The van der Waals surface area contributed by atoms with E-state index >= 15 is 0 Å². The summed E-state index contributed by atoms with van der Waals surface area (Å²) in [7, 11) is 0. The predicted octanol–water partition coefficient (Wildman–Crippen LogP) is 2.92. The summed E-state index contributed by atoms with van der Waals surface area (Å²) >= 11 is 0. The molecule has 19 heavy (non-hydrogen) atoms. The van der Waals surface area contributed by atoms with Crippen LogP contribution in [0.1, 0.15) is 24.0 Å². The fourth-order valence-electron chi connectivity index (χ4n) is 2.57. The second-order valence-electron chi connectivity index (χ2n) is 5.06. The van der Waals surface area contributed by atoms with Crippen LogP contribution in [0.5, 0.6) is 0 Å². The average Bonchev–Trinajstić information content (AvgIpc) is 2.39. The lowest BCUT2D eigenvalue weighted by molar-refractivity contribution is -0.185. The first-order valence-corrected chi connectivity index (χ1v) is 6.56. The van der Waals surface area contributed by atoms with Crippen LogP contribution in [0, 0.1) is 5.92 Å². The summed E-state index contributed by atoms with van der Waals surface area (Å²) in [6.07, 6.45) is -3.64. The number of halogens is 3. The Morgan fingerprint density at radius 1 is 1.11 bits per heavy atom. The Bertz CT molecular complexity index is 409. The van der Waals surface area contributed by atoms with E-state index in [9.17, 15) is 13.2 Å². The minimum Gasteiger partial charge on any atom is -0.326 e. The topological polar surface area (TPSA) is 29.3 Å². The first-order valence-electron chi connectivity index (χ1n) is 6.56. The minimum absolute atomic E-state index is 0.203. The highest BCUT2D eigenvalue weighted by molar-refractivity contribution is 5.26. The number of likely N-dealkylation sites (tertiary alicyclic amines) is 1. The molecule has 2 nitrogen and oxygen atoms in total. The van der Waals surface area contributed by atoms with E-state index in [4.69, 9.17) is 5.73 Å². The van der Waals surface area contributed by atoms with Gasteiger partial charge in [-0.25, -0.2) is 0 Å². The fourth-order valence-corrected chi connectivity index (χ4v) is 2.57. The summed E-state index contributed by atoms with van der Waals surface area (Å²) in [4.78, 5) is 2.08. The molecule has 1 saturated heterocycles. The lowest BCUT2D eigenvalue weighted by Gasteiger charge is -2.33. The highest BCUT2D eigenvalue weighted by atomic mass is 19.4. The summed E-state index contributed by atoms with van der Waals surface area (Å²) < 4.78 is 37.7. The zero-order valence-electron chi connectivity index (χ0n) is 10.8.